The first kappa shape index (κ1) is 21.6. The minimum absolute atomic E-state index is 0.0828. The number of carbonyl (C=O) groups excluding carboxylic acids is 1. The van der Waals surface area contributed by atoms with E-state index >= 15 is 0 Å². The number of hydrogen-bond acceptors (Lipinski definition) is 6. The lowest BCUT2D eigenvalue weighted by Crippen LogP contribution is -2.47. The Morgan fingerprint density at radius 2 is 1.97 bits per heavy atom. The second-order valence-electron chi connectivity index (χ2n) is 8.99. The van der Waals surface area contributed by atoms with Gasteiger partial charge < -0.3 is 15.2 Å². The number of anilines is 1. The maximum Gasteiger partial charge on any atom is 0.270 e. The number of amides is 1. The van der Waals surface area contributed by atoms with Gasteiger partial charge in [-0.15, -0.1) is 0 Å². The van der Waals surface area contributed by atoms with Gasteiger partial charge in [-0.05, 0) is 56.0 Å². The second-order valence-corrected chi connectivity index (χ2v) is 8.99. The molecule has 3 aromatic rings. The van der Waals surface area contributed by atoms with Crippen molar-refractivity contribution < 1.29 is 4.79 Å². The first-order chi connectivity index (χ1) is 16.0. The molecule has 1 saturated heterocycles. The van der Waals surface area contributed by atoms with Crippen LogP contribution in [0.25, 0.3) is 11.0 Å². The second kappa shape index (κ2) is 8.94. The van der Waals surface area contributed by atoms with Crippen molar-refractivity contribution in [1.29, 1.82) is 0 Å². The van der Waals surface area contributed by atoms with Crippen molar-refractivity contribution in [3.05, 3.63) is 63.8 Å². The lowest BCUT2D eigenvalue weighted by atomic mass is 10.0. The molecule has 0 radical (unpaired) electrons. The predicted octanol–water partition coefficient (Wildman–Crippen LogP) is 2.66. The Morgan fingerprint density at radius 3 is 2.64 bits per heavy atom. The van der Waals surface area contributed by atoms with Crippen LogP contribution >= 0.6 is 0 Å². The SMILES string of the molecule is CCc1nc2ccc(C(C)N3CCN(c4ccc(C(=O)NC5CC5)nc4)CC3)cc2[nH]c1=O. The molecule has 33 heavy (non-hydrogen) atoms. The Kier molecular flexibility index (Phi) is 5.85. The van der Waals surface area contributed by atoms with Crippen LogP contribution in [0.4, 0.5) is 5.69 Å². The molecular weight excluding hydrogens is 416 g/mol. The minimum Gasteiger partial charge on any atom is -0.368 e. The third kappa shape index (κ3) is 4.61. The molecule has 1 aromatic carbocycles. The summed E-state index contributed by atoms with van der Waals surface area (Å²) in [7, 11) is 0. The van der Waals surface area contributed by atoms with Crippen molar-refractivity contribution in [3.63, 3.8) is 0 Å². The molecule has 172 valence electrons. The van der Waals surface area contributed by atoms with Gasteiger partial charge in [0.1, 0.15) is 11.4 Å². The molecule has 2 aliphatic rings. The smallest absolute Gasteiger partial charge is 0.270 e. The number of hydrogen-bond donors (Lipinski definition) is 2. The van der Waals surface area contributed by atoms with Crippen molar-refractivity contribution in [2.45, 2.75) is 45.2 Å². The highest BCUT2D eigenvalue weighted by molar-refractivity contribution is 5.92. The Morgan fingerprint density at radius 1 is 1.18 bits per heavy atom. The van der Waals surface area contributed by atoms with E-state index in [1.807, 2.05) is 25.1 Å². The van der Waals surface area contributed by atoms with Crippen LogP contribution in [0, 0.1) is 0 Å². The maximum atomic E-state index is 12.2. The van der Waals surface area contributed by atoms with Crippen molar-refractivity contribution in [2.24, 2.45) is 0 Å². The summed E-state index contributed by atoms with van der Waals surface area (Å²) in [5.41, 5.74) is 4.79. The van der Waals surface area contributed by atoms with E-state index in [0.717, 1.165) is 55.7 Å². The molecule has 8 nitrogen and oxygen atoms in total. The fraction of sp³-hybridized carbons (Fsp3) is 0.440. The normalized spacial score (nSPS) is 17.8. The number of H-pyrrole nitrogens is 1. The van der Waals surface area contributed by atoms with Gasteiger partial charge in [0.25, 0.3) is 11.5 Å². The number of benzene rings is 1. The van der Waals surface area contributed by atoms with Crippen LogP contribution in [0.2, 0.25) is 0 Å². The molecule has 5 rings (SSSR count). The number of aromatic nitrogens is 3. The summed E-state index contributed by atoms with van der Waals surface area (Å²) in [6, 6.07) is 10.5. The van der Waals surface area contributed by atoms with E-state index in [-0.39, 0.29) is 17.5 Å². The highest BCUT2D eigenvalue weighted by atomic mass is 16.2. The topological polar surface area (TPSA) is 94.2 Å². The van der Waals surface area contributed by atoms with Gasteiger partial charge in [-0.2, -0.15) is 0 Å². The summed E-state index contributed by atoms with van der Waals surface area (Å²) in [6.45, 7) is 7.78. The van der Waals surface area contributed by atoms with Crippen LogP contribution in [0.5, 0.6) is 0 Å². The van der Waals surface area contributed by atoms with Gasteiger partial charge >= 0.3 is 0 Å². The summed E-state index contributed by atoms with van der Waals surface area (Å²) in [5.74, 6) is -0.0828. The van der Waals surface area contributed by atoms with E-state index < -0.39 is 0 Å². The summed E-state index contributed by atoms with van der Waals surface area (Å²) in [5, 5.41) is 2.98. The summed E-state index contributed by atoms with van der Waals surface area (Å²) >= 11 is 0. The molecule has 0 bridgehead atoms. The number of aromatic amines is 1. The predicted molar refractivity (Wildman–Crippen MR) is 129 cm³/mol. The van der Waals surface area contributed by atoms with Gasteiger partial charge in [0.15, 0.2) is 0 Å². The number of nitrogens with zero attached hydrogens (tertiary/aromatic N) is 4. The average molecular weight is 447 g/mol. The lowest BCUT2D eigenvalue weighted by molar-refractivity contribution is 0.0946. The van der Waals surface area contributed by atoms with Crippen molar-refractivity contribution in [3.8, 4) is 0 Å². The zero-order chi connectivity index (χ0) is 22.9. The van der Waals surface area contributed by atoms with E-state index in [1.165, 1.54) is 5.56 Å². The standard InChI is InChI=1S/C25H30N6O2/c1-3-20-24(32)29-23-14-17(4-8-21(23)28-20)16(2)30-10-12-31(13-11-30)19-7-9-22(26-15-19)25(33)27-18-5-6-18/h4,7-9,14-16,18H,3,5-6,10-13H2,1-2H3,(H,27,33)(H,29,32). The van der Waals surface area contributed by atoms with E-state index in [9.17, 15) is 9.59 Å². The average Bonchev–Trinajstić information content (AvgIpc) is 3.67. The van der Waals surface area contributed by atoms with E-state index in [4.69, 9.17) is 0 Å². The molecule has 1 atom stereocenters. The van der Waals surface area contributed by atoms with Crippen LogP contribution < -0.4 is 15.8 Å². The number of piperazine rings is 1. The zero-order valence-corrected chi connectivity index (χ0v) is 19.2. The maximum absolute atomic E-state index is 12.2. The highest BCUT2D eigenvalue weighted by Crippen LogP contribution is 2.25. The molecule has 0 spiro atoms. The molecule has 2 fully saturated rings. The molecule has 1 unspecified atom stereocenters. The van der Waals surface area contributed by atoms with Gasteiger partial charge in [-0.3, -0.25) is 14.5 Å². The molecule has 3 heterocycles. The van der Waals surface area contributed by atoms with Gasteiger partial charge in [0.2, 0.25) is 0 Å². The number of aryl methyl sites for hydroxylation is 1. The van der Waals surface area contributed by atoms with Gasteiger partial charge in [0.05, 0.1) is 22.9 Å². The molecule has 1 aliphatic carbocycles. The Bertz CT molecular complexity index is 1210. The molecule has 2 N–H and O–H groups in total. The van der Waals surface area contributed by atoms with E-state index in [1.54, 1.807) is 6.20 Å². The Balaban J connectivity index is 1.22. The molecule has 1 amide bonds. The van der Waals surface area contributed by atoms with Crippen LogP contribution in [0.3, 0.4) is 0 Å². The van der Waals surface area contributed by atoms with Crippen LogP contribution in [-0.2, 0) is 6.42 Å². The summed E-state index contributed by atoms with van der Waals surface area (Å²) < 4.78 is 0. The third-order valence-electron chi connectivity index (χ3n) is 6.72. The number of carbonyl (C=O) groups is 1. The quantitative estimate of drug-likeness (QED) is 0.605. The van der Waals surface area contributed by atoms with Gasteiger partial charge in [0, 0.05) is 38.3 Å². The molecule has 1 aliphatic heterocycles. The Labute approximate surface area is 193 Å². The molecule has 2 aromatic heterocycles. The zero-order valence-electron chi connectivity index (χ0n) is 19.2. The third-order valence-corrected chi connectivity index (χ3v) is 6.72. The van der Waals surface area contributed by atoms with E-state index in [2.05, 4.69) is 49.1 Å². The number of nitrogens with one attached hydrogen (secondary N) is 2. The molecule has 8 heteroatoms. The molecular formula is C25H30N6O2. The first-order valence-corrected chi connectivity index (χ1v) is 11.8. The van der Waals surface area contributed by atoms with Crippen molar-refractivity contribution >= 4 is 22.6 Å². The van der Waals surface area contributed by atoms with Crippen molar-refractivity contribution in [1.82, 2.24) is 25.2 Å². The highest BCUT2D eigenvalue weighted by Gasteiger charge is 2.25. The first-order valence-electron chi connectivity index (χ1n) is 11.8. The number of rotatable bonds is 6. The Hall–Kier alpha value is -3.26. The monoisotopic (exact) mass is 446 g/mol. The number of pyridine rings is 1. The molecule has 1 saturated carbocycles. The summed E-state index contributed by atoms with van der Waals surface area (Å²) in [6.07, 6.45) is 4.57. The lowest BCUT2D eigenvalue weighted by Gasteiger charge is -2.39. The number of fused-ring (bicyclic) bond motifs is 1. The van der Waals surface area contributed by atoms with Crippen LogP contribution in [0.1, 0.15) is 54.5 Å². The fourth-order valence-corrected chi connectivity index (χ4v) is 4.41. The summed E-state index contributed by atoms with van der Waals surface area (Å²) in [4.78, 5) is 40.9. The minimum atomic E-state index is -0.104. The van der Waals surface area contributed by atoms with Crippen molar-refractivity contribution in [2.75, 3.05) is 31.1 Å². The van der Waals surface area contributed by atoms with Crippen LogP contribution in [-0.4, -0.2) is 58.0 Å². The van der Waals surface area contributed by atoms with E-state index in [0.29, 0.717) is 23.9 Å². The fourth-order valence-electron chi connectivity index (χ4n) is 4.41. The van der Waals surface area contributed by atoms with Gasteiger partial charge in [-0.25, -0.2) is 9.97 Å². The van der Waals surface area contributed by atoms with Gasteiger partial charge in [-0.1, -0.05) is 13.0 Å². The van der Waals surface area contributed by atoms with Crippen LogP contribution in [0.15, 0.2) is 41.3 Å². The largest absolute Gasteiger partial charge is 0.368 e.